The number of nitrogens with zero attached hydrogens (tertiary/aromatic N) is 2. The lowest BCUT2D eigenvalue weighted by Crippen LogP contribution is -2.57. The maximum atomic E-state index is 10.1. The number of aliphatic hydroxyl groups excluding tert-OH is 1. The number of hydrogen-bond acceptors (Lipinski definition) is 2. The molecule has 3 nitrogen and oxygen atoms in total. The van der Waals surface area contributed by atoms with Gasteiger partial charge in [0.1, 0.15) is 6.54 Å². The Hall–Kier alpha value is -0.670. The van der Waals surface area contributed by atoms with Crippen molar-refractivity contribution >= 4 is 6.21 Å². The Morgan fingerprint density at radius 2 is 1.67 bits per heavy atom. The first-order valence-corrected chi connectivity index (χ1v) is 10.4. The van der Waals surface area contributed by atoms with Gasteiger partial charge in [-0.15, -0.1) is 0 Å². The molecular formula is C21H41N2O+. The molecule has 3 heteroatoms. The summed E-state index contributed by atoms with van der Waals surface area (Å²) in [7, 11) is 0. The number of unbranched alkanes of at least 4 members (excludes halogenated alkanes) is 8. The molecule has 0 bridgehead atoms. The van der Waals surface area contributed by atoms with Crippen LogP contribution >= 0.6 is 0 Å². The van der Waals surface area contributed by atoms with Gasteiger partial charge in [0.25, 0.3) is 0 Å². The van der Waals surface area contributed by atoms with Gasteiger partial charge in [-0.25, -0.2) is 4.99 Å². The van der Waals surface area contributed by atoms with Gasteiger partial charge in [0.15, 0.2) is 12.4 Å². The molecule has 24 heavy (non-hydrogen) atoms. The van der Waals surface area contributed by atoms with Crippen molar-refractivity contribution in [2.45, 2.75) is 104 Å². The molecule has 1 aliphatic heterocycles. The summed E-state index contributed by atoms with van der Waals surface area (Å²) in [5.41, 5.74) is 0. The van der Waals surface area contributed by atoms with E-state index in [0.29, 0.717) is 4.48 Å². The second-order valence-corrected chi connectivity index (χ2v) is 7.36. The fraction of sp³-hybridized carbons (Fsp3) is 0.857. The number of rotatable bonds is 14. The molecule has 0 spiro atoms. The number of aliphatic imine (C=N–C) groups is 1. The first-order valence-electron chi connectivity index (χ1n) is 10.4. The number of hydrogen-bond donors (Lipinski definition) is 1. The van der Waals surface area contributed by atoms with Crippen LogP contribution in [-0.2, 0) is 0 Å². The third-order valence-electron chi connectivity index (χ3n) is 5.61. The van der Waals surface area contributed by atoms with Gasteiger partial charge in [-0.3, -0.25) is 4.48 Å². The minimum Gasteiger partial charge on any atom is -0.345 e. The maximum Gasteiger partial charge on any atom is 0.189 e. The van der Waals surface area contributed by atoms with E-state index in [4.69, 9.17) is 0 Å². The highest BCUT2D eigenvalue weighted by molar-refractivity contribution is 5.60. The van der Waals surface area contributed by atoms with E-state index in [1.54, 1.807) is 0 Å². The second kappa shape index (κ2) is 12.7. The minimum atomic E-state index is -0.330. The highest BCUT2D eigenvalue weighted by Crippen LogP contribution is 2.26. The van der Waals surface area contributed by atoms with Crippen LogP contribution in [0, 0.1) is 0 Å². The number of aliphatic hydroxyl groups is 1. The van der Waals surface area contributed by atoms with Gasteiger partial charge in [-0.2, -0.15) is 0 Å². The molecular weight excluding hydrogens is 296 g/mol. The molecule has 0 amide bonds. The monoisotopic (exact) mass is 337 g/mol. The summed E-state index contributed by atoms with van der Waals surface area (Å²) in [6.07, 6.45) is 21.0. The lowest BCUT2D eigenvalue weighted by Gasteiger charge is -2.40. The van der Waals surface area contributed by atoms with Gasteiger partial charge in [0.05, 0.1) is 12.8 Å². The summed E-state index contributed by atoms with van der Waals surface area (Å²) in [5.74, 6) is 0. The zero-order chi connectivity index (χ0) is 17.7. The summed E-state index contributed by atoms with van der Waals surface area (Å²) in [6, 6.07) is 0. The number of quaternary nitrogens is 1. The Balaban J connectivity index is 2.06. The molecule has 3 atom stereocenters. The van der Waals surface area contributed by atoms with Crippen LogP contribution in [0.2, 0.25) is 0 Å². The van der Waals surface area contributed by atoms with Gasteiger partial charge in [0, 0.05) is 13.3 Å². The van der Waals surface area contributed by atoms with Gasteiger partial charge >= 0.3 is 0 Å². The van der Waals surface area contributed by atoms with E-state index >= 15 is 0 Å². The maximum absolute atomic E-state index is 10.1. The lowest BCUT2D eigenvalue weighted by molar-refractivity contribution is -0.976. The van der Waals surface area contributed by atoms with Crippen molar-refractivity contribution in [3.05, 3.63) is 12.2 Å². The van der Waals surface area contributed by atoms with Crippen molar-refractivity contribution in [3.8, 4) is 0 Å². The van der Waals surface area contributed by atoms with Gasteiger partial charge in [-0.1, -0.05) is 64.0 Å². The van der Waals surface area contributed by atoms with Crippen LogP contribution in [0.4, 0.5) is 0 Å². The molecule has 0 saturated carbocycles. The third kappa shape index (κ3) is 7.06. The van der Waals surface area contributed by atoms with Gasteiger partial charge in [0.2, 0.25) is 0 Å². The zero-order valence-corrected chi connectivity index (χ0v) is 16.4. The fourth-order valence-electron chi connectivity index (χ4n) is 3.79. The molecule has 0 saturated heterocycles. The normalized spacial score (nSPS) is 24.9. The van der Waals surface area contributed by atoms with Crippen molar-refractivity contribution < 1.29 is 9.59 Å². The van der Waals surface area contributed by atoms with Crippen molar-refractivity contribution in [2.75, 3.05) is 13.1 Å². The minimum absolute atomic E-state index is 0.239. The van der Waals surface area contributed by atoms with Crippen molar-refractivity contribution in [1.82, 2.24) is 0 Å². The molecule has 1 N–H and O–H groups in total. The Labute approximate surface area is 150 Å². The molecule has 1 rings (SSSR count). The van der Waals surface area contributed by atoms with Crippen molar-refractivity contribution in [1.29, 1.82) is 0 Å². The fourth-order valence-corrected chi connectivity index (χ4v) is 3.79. The van der Waals surface area contributed by atoms with E-state index in [0.717, 1.165) is 25.9 Å². The summed E-state index contributed by atoms with van der Waals surface area (Å²) in [6.45, 7) is 8.16. The average Bonchev–Trinajstić information content (AvgIpc) is 3.00. The molecule has 3 unspecified atom stereocenters. The third-order valence-corrected chi connectivity index (χ3v) is 5.61. The average molecular weight is 338 g/mol. The molecule has 0 fully saturated rings. The summed E-state index contributed by atoms with van der Waals surface area (Å²) >= 11 is 0. The lowest BCUT2D eigenvalue weighted by atomic mass is 10.1. The SMILES string of the molecule is CCCCCCCCCC/C=C/CCC1N=CC[N+]1(CC)C(C)O. The van der Waals surface area contributed by atoms with Gasteiger partial charge < -0.3 is 5.11 Å². The summed E-state index contributed by atoms with van der Waals surface area (Å²) in [5, 5.41) is 10.1. The second-order valence-electron chi connectivity index (χ2n) is 7.36. The number of allylic oxidation sites excluding steroid dienone is 2. The van der Waals surface area contributed by atoms with Crippen LogP contribution in [0.15, 0.2) is 17.1 Å². The van der Waals surface area contributed by atoms with Crippen molar-refractivity contribution in [3.63, 3.8) is 0 Å². The van der Waals surface area contributed by atoms with Crippen LogP contribution < -0.4 is 0 Å². The van der Waals surface area contributed by atoms with Gasteiger partial charge in [-0.05, 0) is 26.2 Å². The predicted octanol–water partition coefficient (Wildman–Crippen LogP) is 5.44. The van der Waals surface area contributed by atoms with Crippen molar-refractivity contribution in [2.24, 2.45) is 4.99 Å². The van der Waals surface area contributed by atoms with E-state index in [1.807, 2.05) is 13.1 Å². The molecule has 0 aliphatic carbocycles. The Bertz CT molecular complexity index is 365. The molecule has 0 aromatic heterocycles. The molecule has 140 valence electrons. The Morgan fingerprint density at radius 3 is 2.29 bits per heavy atom. The molecule has 0 aromatic carbocycles. The summed E-state index contributed by atoms with van der Waals surface area (Å²) < 4.78 is 0.714. The summed E-state index contributed by atoms with van der Waals surface area (Å²) in [4.78, 5) is 4.62. The van der Waals surface area contributed by atoms with E-state index in [2.05, 4.69) is 31.0 Å². The predicted molar refractivity (Wildman–Crippen MR) is 105 cm³/mol. The smallest absolute Gasteiger partial charge is 0.189 e. The standard InChI is InChI=1S/C21H41N2O/c1-4-6-7-8-9-10-11-12-13-14-15-16-17-21-22-18-19-23(21,5-2)20(3)24/h14-15,18,20-21,24H,4-13,16-17,19H2,1-3H3/q+1/b15-14+. The van der Waals surface area contributed by atoms with Crippen LogP contribution in [-0.4, -0.2) is 41.3 Å². The van der Waals surface area contributed by atoms with Crippen LogP contribution in [0.3, 0.4) is 0 Å². The highest BCUT2D eigenvalue weighted by atomic mass is 16.3. The Kier molecular flexibility index (Phi) is 11.3. The largest absolute Gasteiger partial charge is 0.345 e. The van der Waals surface area contributed by atoms with E-state index in [9.17, 15) is 5.11 Å². The molecule has 0 radical (unpaired) electrons. The van der Waals surface area contributed by atoms with E-state index in [1.165, 1.54) is 57.8 Å². The first-order chi connectivity index (χ1) is 11.7. The highest BCUT2D eigenvalue weighted by Gasteiger charge is 2.41. The van der Waals surface area contributed by atoms with Crippen LogP contribution in [0.5, 0.6) is 0 Å². The molecule has 1 heterocycles. The quantitative estimate of drug-likeness (QED) is 0.255. The van der Waals surface area contributed by atoms with Crippen LogP contribution in [0.25, 0.3) is 0 Å². The zero-order valence-electron chi connectivity index (χ0n) is 16.4. The van der Waals surface area contributed by atoms with E-state index in [-0.39, 0.29) is 12.4 Å². The van der Waals surface area contributed by atoms with E-state index < -0.39 is 0 Å². The topological polar surface area (TPSA) is 32.6 Å². The first kappa shape index (κ1) is 21.4. The van der Waals surface area contributed by atoms with Crippen LogP contribution in [0.1, 0.15) is 91.4 Å². The Morgan fingerprint density at radius 1 is 1.04 bits per heavy atom. The molecule has 1 aliphatic rings. The molecule has 0 aromatic rings.